The highest BCUT2D eigenvalue weighted by atomic mass is 16.6. The summed E-state index contributed by atoms with van der Waals surface area (Å²) in [5, 5.41) is 24.5. The van der Waals surface area contributed by atoms with Crippen molar-refractivity contribution < 1.29 is 19.6 Å². The summed E-state index contributed by atoms with van der Waals surface area (Å²) in [4.78, 5) is 22.1. The highest BCUT2D eigenvalue weighted by Crippen LogP contribution is 2.33. The fourth-order valence-electron chi connectivity index (χ4n) is 1.83. The number of methoxy groups -OCH3 is 1. The number of carbonyl (C=O) groups is 1. The Balaban J connectivity index is 2.19. The van der Waals surface area contributed by atoms with Gasteiger partial charge in [-0.1, -0.05) is 0 Å². The lowest BCUT2D eigenvalue weighted by atomic mass is 10.1. The predicted molar refractivity (Wildman–Crippen MR) is 87.2 cm³/mol. The molecule has 0 aliphatic heterocycles. The van der Waals surface area contributed by atoms with E-state index in [1.165, 1.54) is 19.2 Å². The second-order valence-electron chi connectivity index (χ2n) is 4.66. The number of nitro benzene ring substituents is 1. The van der Waals surface area contributed by atoms with E-state index in [0.717, 1.165) is 18.3 Å². The van der Waals surface area contributed by atoms with Gasteiger partial charge in [-0.2, -0.15) is 5.10 Å². The number of hydrogen-bond acceptors (Lipinski definition) is 7. The van der Waals surface area contributed by atoms with Crippen molar-refractivity contribution in [3.8, 4) is 11.5 Å². The minimum atomic E-state index is -0.633. The molecule has 124 valence electrons. The first-order valence-electron chi connectivity index (χ1n) is 6.66. The van der Waals surface area contributed by atoms with Crippen LogP contribution >= 0.6 is 0 Å². The van der Waals surface area contributed by atoms with Crippen molar-refractivity contribution in [2.75, 3.05) is 12.8 Å². The van der Waals surface area contributed by atoms with Crippen LogP contribution < -0.4 is 15.9 Å². The van der Waals surface area contributed by atoms with Crippen LogP contribution in [0.3, 0.4) is 0 Å². The summed E-state index contributed by atoms with van der Waals surface area (Å²) in [6.45, 7) is 0. The molecule has 9 heteroatoms. The van der Waals surface area contributed by atoms with Gasteiger partial charge in [-0.3, -0.25) is 14.9 Å². The first kappa shape index (κ1) is 16.7. The van der Waals surface area contributed by atoms with Gasteiger partial charge in [-0.25, -0.2) is 5.43 Å². The number of non-ortho nitro benzene ring substituents is 1. The van der Waals surface area contributed by atoms with Gasteiger partial charge in [0.2, 0.25) is 0 Å². The summed E-state index contributed by atoms with van der Waals surface area (Å²) in [5.41, 5.74) is 8.38. The summed E-state index contributed by atoms with van der Waals surface area (Å²) in [7, 11) is 1.27. The van der Waals surface area contributed by atoms with E-state index in [9.17, 15) is 20.0 Å². The maximum Gasteiger partial charge on any atom is 0.274 e. The zero-order valence-electron chi connectivity index (χ0n) is 12.6. The molecular formula is C15H14N4O5. The summed E-state index contributed by atoms with van der Waals surface area (Å²) in [6, 6.07) is 8.37. The molecule has 2 aromatic rings. The Labute approximate surface area is 136 Å². The summed E-state index contributed by atoms with van der Waals surface area (Å²) in [6.07, 6.45) is 1.08. The van der Waals surface area contributed by atoms with Crippen molar-refractivity contribution in [1.82, 2.24) is 5.43 Å². The molecule has 2 rings (SSSR count). The largest absolute Gasteiger partial charge is 0.504 e. The number of nitro groups is 1. The number of rotatable bonds is 5. The monoisotopic (exact) mass is 330 g/mol. The Kier molecular flexibility index (Phi) is 4.95. The quantitative estimate of drug-likeness (QED) is 0.329. The van der Waals surface area contributed by atoms with Crippen LogP contribution in [0.15, 0.2) is 41.5 Å². The Morgan fingerprint density at radius 3 is 2.62 bits per heavy atom. The molecule has 0 bridgehead atoms. The number of phenols is 1. The van der Waals surface area contributed by atoms with Gasteiger partial charge in [0.25, 0.3) is 11.6 Å². The van der Waals surface area contributed by atoms with Gasteiger partial charge < -0.3 is 15.6 Å². The minimum Gasteiger partial charge on any atom is -0.504 e. The molecule has 0 saturated heterocycles. The van der Waals surface area contributed by atoms with Crippen LogP contribution in [0.1, 0.15) is 15.9 Å². The maximum atomic E-state index is 11.9. The van der Waals surface area contributed by atoms with E-state index in [-0.39, 0.29) is 22.7 Å². The van der Waals surface area contributed by atoms with Gasteiger partial charge in [0.05, 0.1) is 24.3 Å². The maximum absolute atomic E-state index is 11.9. The zero-order valence-corrected chi connectivity index (χ0v) is 12.6. The molecule has 0 atom stereocenters. The third-order valence-electron chi connectivity index (χ3n) is 3.06. The van der Waals surface area contributed by atoms with Gasteiger partial charge in [0.15, 0.2) is 11.5 Å². The van der Waals surface area contributed by atoms with Crippen molar-refractivity contribution in [3.05, 3.63) is 57.6 Å². The van der Waals surface area contributed by atoms with Gasteiger partial charge in [-0.15, -0.1) is 0 Å². The topological polar surface area (TPSA) is 140 Å². The molecule has 0 spiro atoms. The van der Waals surface area contributed by atoms with E-state index in [2.05, 4.69) is 10.5 Å². The predicted octanol–water partition coefficient (Wildman–Crippen LogP) is 1.66. The van der Waals surface area contributed by atoms with E-state index in [1.807, 2.05) is 0 Å². The number of anilines is 1. The average molecular weight is 330 g/mol. The lowest BCUT2D eigenvalue weighted by molar-refractivity contribution is -0.385. The van der Waals surface area contributed by atoms with Crippen LogP contribution in [0.5, 0.6) is 11.5 Å². The van der Waals surface area contributed by atoms with Gasteiger partial charge >= 0.3 is 0 Å². The number of ether oxygens (including phenoxy) is 1. The molecule has 0 radical (unpaired) electrons. The molecule has 9 nitrogen and oxygen atoms in total. The van der Waals surface area contributed by atoms with Crippen molar-refractivity contribution in [2.45, 2.75) is 0 Å². The fraction of sp³-hybridized carbons (Fsp3) is 0.0667. The Hall–Kier alpha value is -3.62. The molecular weight excluding hydrogens is 316 g/mol. The van der Waals surface area contributed by atoms with Crippen LogP contribution in [0, 0.1) is 10.1 Å². The van der Waals surface area contributed by atoms with Crippen molar-refractivity contribution in [3.63, 3.8) is 0 Å². The lowest BCUT2D eigenvalue weighted by Crippen LogP contribution is -2.17. The molecule has 24 heavy (non-hydrogen) atoms. The standard InChI is InChI=1S/C15H14N4O5/c1-24-13-7-12(19(22)23)6-10(14(13)20)8-17-18-15(21)9-2-4-11(16)5-3-9/h2-8,20H,16H2,1H3,(H,18,21)/b17-8-. The van der Waals surface area contributed by atoms with Gasteiger partial charge in [0, 0.05) is 22.9 Å². The molecule has 0 aliphatic rings. The van der Waals surface area contributed by atoms with E-state index in [1.54, 1.807) is 12.1 Å². The molecule has 0 heterocycles. The number of nitrogens with zero attached hydrogens (tertiary/aromatic N) is 2. The SMILES string of the molecule is COc1cc([N+](=O)[O-])cc(/C=N\NC(=O)c2ccc(N)cc2)c1O. The third-order valence-corrected chi connectivity index (χ3v) is 3.06. The first-order valence-corrected chi connectivity index (χ1v) is 6.66. The number of hydrogen-bond donors (Lipinski definition) is 3. The average Bonchev–Trinajstić information content (AvgIpc) is 2.56. The summed E-state index contributed by atoms with van der Waals surface area (Å²) >= 11 is 0. The molecule has 0 fully saturated rings. The van der Waals surface area contributed by atoms with E-state index >= 15 is 0 Å². The molecule has 0 aliphatic carbocycles. The van der Waals surface area contributed by atoms with Crippen molar-refractivity contribution >= 4 is 23.5 Å². The smallest absolute Gasteiger partial charge is 0.274 e. The van der Waals surface area contributed by atoms with Crippen LogP contribution in [0.2, 0.25) is 0 Å². The number of benzene rings is 2. The number of nitrogen functional groups attached to an aromatic ring is 1. The Morgan fingerprint density at radius 1 is 1.38 bits per heavy atom. The zero-order chi connectivity index (χ0) is 17.7. The first-order chi connectivity index (χ1) is 11.4. The molecule has 1 amide bonds. The van der Waals surface area contributed by atoms with Crippen molar-refractivity contribution in [1.29, 1.82) is 0 Å². The van der Waals surface area contributed by atoms with E-state index < -0.39 is 10.8 Å². The lowest BCUT2D eigenvalue weighted by Gasteiger charge is -2.06. The van der Waals surface area contributed by atoms with Crippen LogP contribution in [0.4, 0.5) is 11.4 Å². The summed E-state index contributed by atoms with van der Waals surface area (Å²) < 4.78 is 4.87. The second kappa shape index (κ2) is 7.09. The van der Waals surface area contributed by atoms with E-state index in [0.29, 0.717) is 11.3 Å². The number of nitrogens with two attached hydrogens (primary N) is 1. The van der Waals surface area contributed by atoms with E-state index in [4.69, 9.17) is 10.5 Å². The number of phenolic OH excluding ortho intramolecular Hbond substituents is 1. The van der Waals surface area contributed by atoms with Gasteiger partial charge in [0.1, 0.15) is 0 Å². The van der Waals surface area contributed by atoms with Gasteiger partial charge in [-0.05, 0) is 24.3 Å². The van der Waals surface area contributed by atoms with Crippen molar-refractivity contribution in [2.24, 2.45) is 5.10 Å². The molecule has 0 saturated carbocycles. The Morgan fingerprint density at radius 2 is 2.04 bits per heavy atom. The number of carbonyl (C=O) groups excluding carboxylic acids is 1. The molecule has 2 aromatic carbocycles. The number of aromatic hydroxyl groups is 1. The second-order valence-corrected chi connectivity index (χ2v) is 4.66. The fourth-order valence-corrected chi connectivity index (χ4v) is 1.83. The Bertz CT molecular complexity index is 802. The van der Waals surface area contributed by atoms with Crippen LogP contribution in [-0.2, 0) is 0 Å². The highest BCUT2D eigenvalue weighted by molar-refractivity contribution is 5.95. The third kappa shape index (κ3) is 3.77. The van der Waals surface area contributed by atoms with Crippen LogP contribution in [-0.4, -0.2) is 29.3 Å². The number of hydrazone groups is 1. The molecule has 0 unspecified atom stereocenters. The highest BCUT2D eigenvalue weighted by Gasteiger charge is 2.15. The molecule has 4 N–H and O–H groups in total. The normalized spacial score (nSPS) is 10.5. The number of nitrogens with one attached hydrogen (secondary N) is 1. The van der Waals surface area contributed by atoms with Crippen LogP contribution in [0.25, 0.3) is 0 Å². The molecule has 0 aromatic heterocycles. The number of amides is 1. The summed E-state index contributed by atoms with van der Waals surface area (Å²) in [5.74, 6) is -0.896. The minimum absolute atomic E-state index is 0.0265.